The standard InChI is InChI=1S/C11H21B5O/c1-11(2,3)17-4-5-6(12)8(14)10(16)9(15)7(5)13/h4,12-16H2,1-3H3. The molecule has 0 aliphatic carbocycles. The summed E-state index contributed by atoms with van der Waals surface area (Å²) in [5.41, 5.74) is 8.27. The molecule has 1 nitrogen and oxygen atoms in total. The number of hydrogen-bond acceptors (Lipinski definition) is 1. The highest BCUT2D eigenvalue weighted by molar-refractivity contribution is 6.67. The van der Waals surface area contributed by atoms with Gasteiger partial charge in [-0.3, -0.25) is 0 Å². The second-order valence-electron chi connectivity index (χ2n) is 6.00. The smallest absolute Gasteiger partial charge is 0.138 e. The van der Waals surface area contributed by atoms with E-state index < -0.39 is 0 Å². The Kier molecular flexibility index (Phi) is 4.30. The molecule has 0 atom stereocenters. The first kappa shape index (κ1) is 14.6. The zero-order valence-electron chi connectivity index (χ0n) is 12.6. The first-order valence-corrected chi connectivity index (χ1v) is 6.35. The van der Waals surface area contributed by atoms with E-state index in [1.54, 1.807) is 0 Å². The quantitative estimate of drug-likeness (QED) is 0.454. The maximum Gasteiger partial charge on any atom is 0.138 e. The average molecular weight is 223 g/mol. The highest BCUT2D eigenvalue weighted by Gasteiger charge is 2.15. The van der Waals surface area contributed by atoms with E-state index in [2.05, 4.69) is 60.0 Å². The number of benzene rings is 1. The first-order valence-electron chi connectivity index (χ1n) is 6.35. The van der Waals surface area contributed by atoms with Gasteiger partial charge in [0.1, 0.15) is 39.2 Å². The van der Waals surface area contributed by atoms with Gasteiger partial charge in [-0.15, -0.1) is 16.4 Å². The molecule has 0 N–H and O–H groups in total. The minimum atomic E-state index is -0.0778. The Hall–Kier alpha value is -0.495. The monoisotopic (exact) mass is 224 g/mol. The summed E-state index contributed by atoms with van der Waals surface area (Å²) in [7, 11) is 11.0. The van der Waals surface area contributed by atoms with Crippen molar-refractivity contribution >= 4 is 66.5 Å². The summed E-state index contributed by atoms with van der Waals surface area (Å²) in [6.45, 7) is 7.02. The van der Waals surface area contributed by atoms with Gasteiger partial charge in [-0.2, -0.15) is 0 Å². The highest BCUT2D eigenvalue weighted by Crippen LogP contribution is 2.08. The molecule has 0 fully saturated rings. The largest absolute Gasteiger partial charge is 0.371 e. The Labute approximate surface area is 110 Å². The molecule has 1 aromatic rings. The minimum absolute atomic E-state index is 0.0778. The van der Waals surface area contributed by atoms with Gasteiger partial charge in [0.15, 0.2) is 0 Å². The summed E-state index contributed by atoms with van der Waals surface area (Å²) >= 11 is 0. The Morgan fingerprint density at radius 3 is 1.47 bits per heavy atom. The van der Waals surface area contributed by atoms with Crippen molar-refractivity contribution in [2.75, 3.05) is 0 Å². The molecule has 17 heavy (non-hydrogen) atoms. The van der Waals surface area contributed by atoms with Crippen molar-refractivity contribution < 1.29 is 4.74 Å². The van der Waals surface area contributed by atoms with E-state index in [-0.39, 0.29) is 5.60 Å². The number of hydrogen-bond donors (Lipinski definition) is 0. The molecule has 0 radical (unpaired) electrons. The van der Waals surface area contributed by atoms with Crippen LogP contribution in [0.5, 0.6) is 0 Å². The predicted octanol–water partition coefficient (Wildman–Crippen LogP) is -5.71. The lowest BCUT2D eigenvalue weighted by Gasteiger charge is -2.24. The summed E-state index contributed by atoms with van der Waals surface area (Å²) in [6.07, 6.45) is 0. The predicted molar refractivity (Wildman–Crippen MR) is 91.9 cm³/mol. The van der Waals surface area contributed by atoms with Gasteiger partial charge in [-0.05, 0) is 26.3 Å². The molecular formula is C11H21B5O. The molecule has 6 heteroatoms. The molecule has 0 heterocycles. The Morgan fingerprint density at radius 2 is 1.12 bits per heavy atom. The van der Waals surface area contributed by atoms with Crippen molar-refractivity contribution in [3.63, 3.8) is 0 Å². The molecule has 0 aromatic heterocycles. The van der Waals surface area contributed by atoms with E-state index in [1.807, 2.05) is 0 Å². The third-order valence-corrected chi connectivity index (χ3v) is 3.80. The normalized spacial score (nSPS) is 11.7. The zero-order valence-corrected chi connectivity index (χ0v) is 12.6. The second kappa shape index (κ2) is 5.01. The summed E-state index contributed by atoms with van der Waals surface area (Å²) < 4.78 is 5.93. The third-order valence-electron chi connectivity index (χ3n) is 3.80. The SMILES string of the molecule is Bc1c(B)c(B)c(COC(C)(C)C)c(B)c1B. The molecule has 0 saturated carbocycles. The lowest BCUT2D eigenvalue weighted by Crippen LogP contribution is -2.56. The fourth-order valence-electron chi connectivity index (χ4n) is 2.08. The topological polar surface area (TPSA) is 9.23 Å². The summed E-state index contributed by atoms with van der Waals surface area (Å²) in [6, 6.07) is 0. The van der Waals surface area contributed by atoms with Crippen molar-refractivity contribution in [3.8, 4) is 0 Å². The van der Waals surface area contributed by atoms with Gasteiger partial charge in [-0.1, -0.05) is 10.9 Å². The van der Waals surface area contributed by atoms with Crippen LogP contribution < -0.4 is 27.3 Å². The van der Waals surface area contributed by atoms with Gasteiger partial charge in [-0.25, -0.2) is 0 Å². The molecule has 1 aromatic carbocycles. The summed E-state index contributed by atoms with van der Waals surface area (Å²) in [5, 5.41) is 0. The fraction of sp³-hybridized carbons (Fsp3) is 0.455. The Bertz CT molecular complexity index is 407. The molecule has 1 rings (SSSR count). The minimum Gasteiger partial charge on any atom is -0.371 e. The van der Waals surface area contributed by atoms with Crippen LogP contribution in [0, 0.1) is 0 Å². The van der Waals surface area contributed by atoms with Gasteiger partial charge >= 0.3 is 0 Å². The second-order valence-corrected chi connectivity index (χ2v) is 6.00. The number of rotatable bonds is 2. The van der Waals surface area contributed by atoms with E-state index in [0.717, 1.165) is 0 Å². The van der Waals surface area contributed by atoms with Crippen LogP contribution in [0.15, 0.2) is 0 Å². The van der Waals surface area contributed by atoms with Gasteiger partial charge in [0, 0.05) is 0 Å². The van der Waals surface area contributed by atoms with E-state index in [1.165, 1.54) is 32.9 Å². The maximum absolute atomic E-state index is 5.93. The van der Waals surface area contributed by atoms with Crippen LogP contribution in [-0.4, -0.2) is 44.8 Å². The van der Waals surface area contributed by atoms with Crippen LogP contribution in [0.2, 0.25) is 0 Å². The highest BCUT2D eigenvalue weighted by atomic mass is 16.5. The third kappa shape index (κ3) is 3.25. The summed E-state index contributed by atoms with van der Waals surface area (Å²) in [4.78, 5) is 0. The van der Waals surface area contributed by atoms with Crippen LogP contribution in [0.25, 0.3) is 0 Å². The van der Waals surface area contributed by atoms with Crippen molar-refractivity contribution in [1.29, 1.82) is 0 Å². The molecule has 0 amide bonds. The molecule has 0 aliphatic rings. The van der Waals surface area contributed by atoms with E-state index in [4.69, 9.17) is 4.74 Å². The lowest BCUT2D eigenvalue weighted by atomic mass is 9.60. The summed E-state index contributed by atoms with van der Waals surface area (Å²) in [5.74, 6) is 0. The van der Waals surface area contributed by atoms with E-state index in [9.17, 15) is 0 Å². The van der Waals surface area contributed by atoms with Crippen molar-refractivity contribution in [3.05, 3.63) is 5.56 Å². The van der Waals surface area contributed by atoms with Crippen LogP contribution in [0.3, 0.4) is 0 Å². The molecule has 86 valence electrons. The molecule has 0 saturated heterocycles. The molecule has 0 unspecified atom stereocenters. The maximum atomic E-state index is 5.93. The molecular weight excluding hydrogens is 202 g/mol. The van der Waals surface area contributed by atoms with Crippen molar-refractivity contribution in [2.45, 2.75) is 33.0 Å². The Morgan fingerprint density at radius 1 is 0.765 bits per heavy atom. The molecule has 0 bridgehead atoms. The fourth-order valence-corrected chi connectivity index (χ4v) is 2.08. The van der Waals surface area contributed by atoms with E-state index >= 15 is 0 Å². The average Bonchev–Trinajstić information content (AvgIpc) is 2.22. The van der Waals surface area contributed by atoms with Crippen LogP contribution in [-0.2, 0) is 11.3 Å². The van der Waals surface area contributed by atoms with Gasteiger partial charge < -0.3 is 4.74 Å². The van der Waals surface area contributed by atoms with Crippen LogP contribution in [0.1, 0.15) is 26.3 Å². The van der Waals surface area contributed by atoms with Gasteiger partial charge in [0.2, 0.25) is 0 Å². The van der Waals surface area contributed by atoms with Gasteiger partial charge in [0.05, 0.1) is 12.2 Å². The Balaban J connectivity index is 3.16. The van der Waals surface area contributed by atoms with E-state index in [0.29, 0.717) is 6.61 Å². The van der Waals surface area contributed by atoms with Crippen molar-refractivity contribution in [1.82, 2.24) is 0 Å². The van der Waals surface area contributed by atoms with Crippen molar-refractivity contribution in [2.24, 2.45) is 0 Å². The van der Waals surface area contributed by atoms with Crippen LogP contribution >= 0.6 is 0 Å². The molecule has 0 aliphatic heterocycles. The zero-order chi connectivity index (χ0) is 13.4. The number of ether oxygens (including phenoxy) is 1. The van der Waals surface area contributed by atoms with Crippen LogP contribution in [0.4, 0.5) is 0 Å². The first-order chi connectivity index (χ1) is 7.65. The lowest BCUT2D eigenvalue weighted by molar-refractivity contribution is -0.0142. The molecule has 0 spiro atoms. The van der Waals surface area contributed by atoms with Gasteiger partial charge in [0.25, 0.3) is 0 Å².